The van der Waals surface area contributed by atoms with Crippen LogP contribution in [0, 0.1) is 0 Å². The van der Waals surface area contributed by atoms with E-state index in [1.165, 1.54) is 0 Å². The fourth-order valence-corrected chi connectivity index (χ4v) is 1.47. The van der Waals surface area contributed by atoms with Crippen LogP contribution in [0.3, 0.4) is 0 Å². The van der Waals surface area contributed by atoms with Crippen LogP contribution in [0.1, 0.15) is 12.8 Å². The number of likely N-dealkylation sites (N-methyl/N-ethyl adjacent to an activating group) is 1. The summed E-state index contributed by atoms with van der Waals surface area (Å²) in [4.78, 5) is 11.0. The predicted octanol–water partition coefficient (Wildman–Crippen LogP) is 0.702. The molecule has 0 aliphatic carbocycles. The van der Waals surface area contributed by atoms with E-state index in [4.69, 9.17) is 5.11 Å². The van der Waals surface area contributed by atoms with Gasteiger partial charge in [-0.05, 0) is 13.0 Å². The lowest BCUT2D eigenvalue weighted by Crippen LogP contribution is -2.50. The third kappa shape index (κ3) is 6.25. The zero-order valence-electron chi connectivity index (χ0n) is 9.99. The highest BCUT2D eigenvalue weighted by molar-refractivity contribution is 5.72. The topological polar surface area (TPSA) is 49.3 Å². The highest BCUT2D eigenvalue weighted by Crippen LogP contribution is 2.09. The van der Waals surface area contributed by atoms with Crippen molar-refractivity contribution in [3.8, 4) is 0 Å². The number of quaternary nitrogens is 1. The number of hydrogen-bond donors (Lipinski definition) is 2. The Hall–Kier alpha value is -0.870. The Kier molecular flexibility index (Phi) is 6.20. The zero-order chi connectivity index (χ0) is 11.9. The minimum atomic E-state index is -0.716. The second kappa shape index (κ2) is 6.58. The van der Waals surface area contributed by atoms with Gasteiger partial charge in [-0.25, -0.2) is 4.79 Å². The number of rotatable bonds is 8. The summed E-state index contributed by atoms with van der Waals surface area (Å²) < 4.78 is 0.469. The standard InChI is InChI=1S/C11H22N2O2/c1-5-8-12-9-6-7-10(11(14)15)13(2,3)4/h5,10,12H,1,6-9H2,2-4H3/p+1. The Balaban J connectivity index is 3.88. The molecule has 0 fully saturated rings. The van der Waals surface area contributed by atoms with Crippen molar-refractivity contribution in [1.82, 2.24) is 5.32 Å². The van der Waals surface area contributed by atoms with Gasteiger partial charge in [0, 0.05) is 13.0 Å². The highest BCUT2D eigenvalue weighted by atomic mass is 16.4. The molecule has 0 bridgehead atoms. The molecule has 88 valence electrons. The lowest BCUT2D eigenvalue weighted by molar-refractivity contribution is -0.887. The van der Waals surface area contributed by atoms with Gasteiger partial charge in [-0.3, -0.25) is 0 Å². The smallest absolute Gasteiger partial charge is 0.362 e. The quantitative estimate of drug-likeness (QED) is 0.356. The van der Waals surface area contributed by atoms with Gasteiger partial charge < -0.3 is 14.9 Å². The first-order chi connectivity index (χ1) is 6.89. The van der Waals surface area contributed by atoms with Gasteiger partial charge in [0.05, 0.1) is 21.1 Å². The van der Waals surface area contributed by atoms with Crippen molar-refractivity contribution in [1.29, 1.82) is 0 Å². The first-order valence-electron chi connectivity index (χ1n) is 5.25. The number of hydrogen-bond acceptors (Lipinski definition) is 2. The molecule has 4 nitrogen and oxygen atoms in total. The summed E-state index contributed by atoms with van der Waals surface area (Å²) in [5, 5.41) is 12.2. The Morgan fingerprint density at radius 1 is 1.53 bits per heavy atom. The fraction of sp³-hybridized carbons (Fsp3) is 0.727. The molecule has 0 aliphatic heterocycles. The van der Waals surface area contributed by atoms with Crippen LogP contribution in [0.4, 0.5) is 0 Å². The SMILES string of the molecule is C=CCNCCCC(C(=O)O)[N+](C)(C)C. The molecule has 0 aromatic heterocycles. The van der Waals surface area contributed by atoms with E-state index in [-0.39, 0.29) is 6.04 Å². The number of nitrogens with one attached hydrogen (secondary N) is 1. The normalized spacial score (nSPS) is 13.5. The van der Waals surface area contributed by atoms with Crippen LogP contribution in [0.5, 0.6) is 0 Å². The monoisotopic (exact) mass is 215 g/mol. The first kappa shape index (κ1) is 14.1. The van der Waals surface area contributed by atoms with Gasteiger partial charge in [-0.1, -0.05) is 6.08 Å². The zero-order valence-corrected chi connectivity index (χ0v) is 9.99. The van der Waals surface area contributed by atoms with E-state index < -0.39 is 5.97 Å². The molecule has 0 spiro atoms. The molecule has 0 heterocycles. The molecule has 0 aromatic rings. The van der Waals surface area contributed by atoms with E-state index in [2.05, 4.69) is 11.9 Å². The molecule has 4 heteroatoms. The average molecular weight is 215 g/mol. The van der Waals surface area contributed by atoms with Crippen molar-refractivity contribution in [3.63, 3.8) is 0 Å². The number of carbonyl (C=O) groups is 1. The van der Waals surface area contributed by atoms with Crippen molar-refractivity contribution in [2.75, 3.05) is 34.2 Å². The van der Waals surface area contributed by atoms with Crippen LogP contribution in [0.2, 0.25) is 0 Å². The van der Waals surface area contributed by atoms with Gasteiger partial charge in [-0.15, -0.1) is 6.58 Å². The Morgan fingerprint density at radius 3 is 2.53 bits per heavy atom. The summed E-state index contributed by atoms with van der Waals surface area (Å²) >= 11 is 0. The second-order valence-corrected chi connectivity index (χ2v) is 4.61. The van der Waals surface area contributed by atoms with Gasteiger partial charge in [0.15, 0.2) is 6.04 Å². The molecule has 1 atom stereocenters. The summed E-state index contributed by atoms with van der Waals surface area (Å²) in [5.74, 6) is -0.716. The van der Waals surface area contributed by atoms with Crippen LogP contribution in [0.15, 0.2) is 12.7 Å². The van der Waals surface area contributed by atoms with Crippen molar-refractivity contribution >= 4 is 5.97 Å². The van der Waals surface area contributed by atoms with Crippen LogP contribution < -0.4 is 5.32 Å². The van der Waals surface area contributed by atoms with Crippen molar-refractivity contribution in [3.05, 3.63) is 12.7 Å². The summed E-state index contributed by atoms with van der Waals surface area (Å²) in [6.07, 6.45) is 3.37. The van der Waals surface area contributed by atoms with Gasteiger partial charge >= 0.3 is 5.97 Å². The molecule has 0 saturated heterocycles. The molecule has 0 aliphatic rings. The van der Waals surface area contributed by atoms with Crippen molar-refractivity contribution in [2.24, 2.45) is 0 Å². The lowest BCUT2D eigenvalue weighted by atomic mass is 10.1. The Morgan fingerprint density at radius 2 is 2.13 bits per heavy atom. The molecular weight excluding hydrogens is 192 g/mol. The molecular formula is C11H23N2O2+. The third-order valence-electron chi connectivity index (χ3n) is 2.34. The first-order valence-corrected chi connectivity index (χ1v) is 5.25. The van der Waals surface area contributed by atoms with Gasteiger partial charge in [0.1, 0.15) is 0 Å². The van der Waals surface area contributed by atoms with Crippen molar-refractivity contribution < 1.29 is 14.4 Å². The average Bonchev–Trinajstić information content (AvgIpc) is 2.08. The number of nitrogens with zero attached hydrogens (tertiary/aromatic N) is 1. The van der Waals surface area contributed by atoms with E-state index in [1.807, 2.05) is 21.1 Å². The second-order valence-electron chi connectivity index (χ2n) is 4.61. The minimum absolute atomic E-state index is 0.324. The van der Waals surface area contributed by atoms with Gasteiger partial charge in [0.25, 0.3) is 0 Å². The van der Waals surface area contributed by atoms with E-state index >= 15 is 0 Å². The van der Waals surface area contributed by atoms with E-state index in [9.17, 15) is 4.79 Å². The van der Waals surface area contributed by atoms with E-state index in [1.54, 1.807) is 6.08 Å². The lowest BCUT2D eigenvalue weighted by Gasteiger charge is -2.31. The molecule has 0 aromatic carbocycles. The van der Waals surface area contributed by atoms with Crippen LogP contribution in [-0.4, -0.2) is 55.8 Å². The number of carboxylic acid groups (broad SMARTS) is 1. The maximum atomic E-state index is 11.0. The maximum Gasteiger partial charge on any atom is 0.362 e. The molecule has 0 saturated carbocycles. The molecule has 0 amide bonds. The summed E-state index contributed by atoms with van der Waals surface area (Å²) in [5.41, 5.74) is 0. The Labute approximate surface area is 92.2 Å². The third-order valence-corrected chi connectivity index (χ3v) is 2.34. The van der Waals surface area contributed by atoms with Crippen LogP contribution >= 0.6 is 0 Å². The molecule has 1 unspecified atom stereocenters. The van der Waals surface area contributed by atoms with Crippen molar-refractivity contribution in [2.45, 2.75) is 18.9 Å². The largest absolute Gasteiger partial charge is 0.477 e. The Bertz CT molecular complexity index is 209. The predicted molar refractivity (Wildman–Crippen MR) is 61.8 cm³/mol. The summed E-state index contributed by atoms with van der Waals surface area (Å²) in [7, 11) is 5.74. The minimum Gasteiger partial charge on any atom is -0.477 e. The molecule has 2 N–H and O–H groups in total. The number of carboxylic acids is 1. The molecule has 0 rings (SSSR count). The maximum absolute atomic E-state index is 11.0. The number of aliphatic carboxylic acids is 1. The van der Waals surface area contributed by atoms with Gasteiger partial charge in [0.2, 0.25) is 0 Å². The summed E-state index contributed by atoms with van der Waals surface area (Å²) in [6, 6.07) is -0.324. The van der Waals surface area contributed by atoms with Crippen LogP contribution in [0.25, 0.3) is 0 Å². The highest BCUT2D eigenvalue weighted by Gasteiger charge is 2.30. The van der Waals surface area contributed by atoms with E-state index in [0.29, 0.717) is 10.9 Å². The van der Waals surface area contributed by atoms with Crippen LogP contribution in [-0.2, 0) is 4.79 Å². The van der Waals surface area contributed by atoms with E-state index in [0.717, 1.165) is 19.5 Å². The summed E-state index contributed by atoms with van der Waals surface area (Å²) in [6.45, 7) is 5.22. The molecule has 15 heavy (non-hydrogen) atoms. The molecule has 0 radical (unpaired) electrons. The van der Waals surface area contributed by atoms with Gasteiger partial charge in [-0.2, -0.15) is 0 Å². The fourth-order valence-electron chi connectivity index (χ4n) is 1.47.